The van der Waals surface area contributed by atoms with Crippen LogP contribution in [-0.2, 0) is 4.79 Å². The van der Waals surface area contributed by atoms with Crippen LogP contribution in [0.5, 0.6) is 5.75 Å². The van der Waals surface area contributed by atoms with Gasteiger partial charge < -0.3 is 10.1 Å². The van der Waals surface area contributed by atoms with Crippen LogP contribution < -0.4 is 20.9 Å². The van der Waals surface area contributed by atoms with Crippen LogP contribution in [0.2, 0.25) is 0 Å². The van der Waals surface area contributed by atoms with Gasteiger partial charge in [-0.2, -0.15) is 0 Å². The summed E-state index contributed by atoms with van der Waals surface area (Å²) in [6, 6.07) is 22.6. The number of anilines is 2. The minimum absolute atomic E-state index is 0.210. The number of ether oxygens (including phenoxy) is 1. The molecule has 0 atom stereocenters. The molecule has 0 aliphatic heterocycles. The average Bonchev–Trinajstić information content (AvgIpc) is 2.72. The fourth-order valence-electron chi connectivity index (χ4n) is 2.77. The summed E-state index contributed by atoms with van der Waals surface area (Å²) in [6.45, 7) is 3.60. The third-order valence-corrected chi connectivity index (χ3v) is 4.23. The van der Waals surface area contributed by atoms with Gasteiger partial charge in [-0.05, 0) is 61.9 Å². The largest absolute Gasteiger partial charge is 0.484 e. The van der Waals surface area contributed by atoms with Crippen molar-refractivity contribution in [2.24, 2.45) is 0 Å². The normalized spacial score (nSPS) is 10.1. The van der Waals surface area contributed by atoms with Gasteiger partial charge in [-0.3, -0.25) is 20.4 Å². The predicted molar refractivity (Wildman–Crippen MR) is 113 cm³/mol. The highest BCUT2D eigenvalue weighted by Gasteiger charge is 2.10. The van der Waals surface area contributed by atoms with Gasteiger partial charge in [0.25, 0.3) is 11.8 Å². The number of rotatable bonds is 6. The molecule has 0 bridgehead atoms. The van der Waals surface area contributed by atoms with Crippen molar-refractivity contribution < 1.29 is 14.3 Å². The Labute approximate surface area is 169 Å². The zero-order chi connectivity index (χ0) is 20.6. The highest BCUT2D eigenvalue weighted by molar-refractivity contribution is 5.96. The maximum absolute atomic E-state index is 12.2. The second-order valence-corrected chi connectivity index (χ2v) is 6.62. The van der Waals surface area contributed by atoms with Crippen molar-refractivity contribution >= 4 is 23.2 Å². The topological polar surface area (TPSA) is 79.5 Å². The zero-order valence-corrected chi connectivity index (χ0v) is 16.4. The minimum atomic E-state index is -0.449. The quantitative estimate of drug-likeness (QED) is 0.559. The molecule has 3 N–H and O–H groups in total. The van der Waals surface area contributed by atoms with E-state index in [1.165, 1.54) is 0 Å². The summed E-state index contributed by atoms with van der Waals surface area (Å²) in [5, 5.41) is 3.27. The molecule has 0 radical (unpaired) electrons. The van der Waals surface area contributed by atoms with E-state index in [0.717, 1.165) is 22.5 Å². The van der Waals surface area contributed by atoms with Crippen molar-refractivity contribution in [2.75, 3.05) is 11.9 Å². The van der Waals surface area contributed by atoms with E-state index in [9.17, 15) is 9.59 Å². The standard InChI is InChI=1S/C23H23N3O3/c1-16-8-13-21(17(2)14-16)23(28)26-25-22(27)15-29-20-11-9-19(10-12-20)24-18-6-4-3-5-7-18/h3-14,24H,15H2,1-2H3,(H,25,27)(H,26,28). The number of aryl methyl sites for hydroxylation is 2. The van der Waals surface area contributed by atoms with Crippen LogP contribution in [0, 0.1) is 13.8 Å². The molecule has 0 heterocycles. The van der Waals surface area contributed by atoms with Crippen LogP contribution in [0.25, 0.3) is 0 Å². The number of nitrogens with one attached hydrogen (secondary N) is 3. The molecule has 148 valence electrons. The molecule has 6 nitrogen and oxygen atoms in total. The lowest BCUT2D eigenvalue weighted by atomic mass is 10.1. The summed E-state index contributed by atoms with van der Waals surface area (Å²) in [6.07, 6.45) is 0. The molecule has 0 aromatic heterocycles. The first-order valence-electron chi connectivity index (χ1n) is 9.22. The molecule has 6 heteroatoms. The molecule has 3 aromatic carbocycles. The summed E-state index contributed by atoms with van der Waals surface area (Å²) in [4.78, 5) is 24.1. The number of hydrazine groups is 1. The van der Waals surface area contributed by atoms with E-state index in [0.29, 0.717) is 11.3 Å². The third kappa shape index (κ3) is 5.84. The number of para-hydroxylation sites is 1. The first-order chi connectivity index (χ1) is 14.0. The number of carbonyl (C=O) groups is 2. The summed E-state index contributed by atoms with van der Waals surface area (Å²) in [7, 11) is 0. The maximum atomic E-state index is 12.2. The third-order valence-electron chi connectivity index (χ3n) is 4.23. The number of benzene rings is 3. The zero-order valence-electron chi connectivity index (χ0n) is 16.4. The lowest BCUT2D eigenvalue weighted by molar-refractivity contribution is -0.123. The molecule has 0 saturated carbocycles. The van der Waals surface area contributed by atoms with E-state index in [2.05, 4.69) is 16.2 Å². The molecule has 3 aromatic rings. The van der Waals surface area contributed by atoms with Crippen molar-refractivity contribution in [1.82, 2.24) is 10.9 Å². The smallest absolute Gasteiger partial charge is 0.276 e. The van der Waals surface area contributed by atoms with Gasteiger partial charge in [-0.25, -0.2) is 0 Å². The summed E-state index contributed by atoms with van der Waals surface area (Å²) >= 11 is 0. The second kappa shape index (κ2) is 9.41. The van der Waals surface area contributed by atoms with Gasteiger partial charge in [0.15, 0.2) is 6.61 Å². The molecule has 0 unspecified atom stereocenters. The van der Waals surface area contributed by atoms with Gasteiger partial charge in [0, 0.05) is 16.9 Å². The number of amides is 2. The van der Waals surface area contributed by atoms with Crippen molar-refractivity contribution in [3.8, 4) is 5.75 Å². The fraction of sp³-hybridized carbons (Fsp3) is 0.130. The molecule has 2 amide bonds. The molecule has 29 heavy (non-hydrogen) atoms. The van der Waals surface area contributed by atoms with Crippen molar-refractivity contribution in [1.29, 1.82) is 0 Å². The van der Waals surface area contributed by atoms with E-state index in [1.807, 2.05) is 68.4 Å². The van der Waals surface area contributed by atoms with Crippen molar-refractivity contribution in [2.45, 2.75) is 13.8 Å². The Bertz CT molecular complexity index is 986. The molecule has 0 aliphatic rings. The van der Waals surface area contributed by atoms with E-state index in [4.69, 9.17) is 4.74 Å². The van der Waals surface area contributed by atoms with Crippen LogP contribution in [-0.4, -0.2) is 18.4 Å². The minimum Gasteiger partial charge on any atom is -0.484 e. The molecule has 0 fully saturated rings. The van der Waals surface area contributed by atoms with Crippen molar-refractivity contribution in [3.63, 3.8) is 0 Å². The Morgan fingerprint density at radius 2 is 1.52 bits per heavy atom. The highest BCUT2D eigenvalue weighted by atomic mass is 16.5. The molecule has 3 rings (SSSR count). The van der Waals surface area contributed by atoms with Crippen LogP contribution >= 0.6 is 0 Å². The van der Waals surface area contributed by atoms with Crippen LogP contribution in [0.15, 0.2) is 72.8 Å². The molecular formula is C23H23N3O3. The Morgan fingerprint density at radius 1 is 0.828 bits per heavy atom. The summed E-state index contributed by atoms with van der Waals surface area (Å²) in [5.74, 6) is -0.263. The first kappa shape index (κ1) is 19.9. The van der Waals surface area contributed by atoms with Gasteiger partial charge in [0.2, 0.25) is 0 Å². The fourth-order valence-corrected chi connectivity index (χ4v) is 2.77. The maximum Gasteiger partial charge on any atom is 0.276 e. The summed E-state index contributed by atoms with van der Waals surface area (Å²) < 4.78 is 5.46. The lowest BCUT2D eigenvalue weighted by Crippen LogP contribution is -2.44. The van der Waals surface area contributed by atoms with E-state index >= 15 is 0 Å². The molecular weight excluding hydrogens is 366 g/mol. The Kier molecular flexibility index (Phi) is 6.47. The number of carbonyl (C=O) groups excluding carboxylic acids is 2. The van der Waals surface area contributed by atoms with Gasteiger partial charge in [-0.15, -0.1) is 0 Å². The average molecular weight is 389 g/mol. The Morgan fingerprint density at radius 3 is 2.21 bits per heavy atom. The van der Waals surface area contributed by atoms with Crippen LogP contribution in [0.3, 0.4) is 0 Å². The van der Waals surface area contributed by atoms with E-state index in [1.54, 1.807) is 18.2 Å². The van der Waals surface area contributed by atoms with Gasteiger partial charge in [-0.1, -0.05) is 35.9 Å². The molecule has 0 saturated heterocycles. The number of hydrogen-bond acceptors (Lipinski definition) is 4. The molecule has 0 aliphatic carbocycles. The molecule has 0 spiro atoms. The first-order valence-corrected chi connectivity index (χ1v) is 9.22. The van der Waals surface area contributed by atoms with Crippen LogP contribution in [0.1, 0.15) is 21.5 Å². The predicted octanol–water partition coefficient (Wildman–Crippen LogP) is 3.89. The van der Waals surface area contributed by atoms with E-state index < -0.39 is 5.91 Å². The summed E-state index contributed by atoms with van der Waals surface area (Å²) in [5.41, 5.74) is 9.09. The number of hydrogen-bond donors (Lipinski definition) is 3. The SMILES string of the molecule is Cc1ccc(C(=O)NNC(=O)COc2ccc(Nc3ccccc3)cc2)c(C)c1. The van der Waals surface area contributed by atoms with Gasteiger partial charge >= 0.3 is 0 Å². The second-order valence-electron chi connectivity index (χ2n) is 6.62. The van der Waals surface area contributed by atoms with Crippen molar-refractivity contribution in [3.05, 3.63) is 89.5 Å². The van der Waals surface area contributed by atoms with E-state index in [-0.39, 0.29) is 12.5 Å². The van der Waals surface area contributed by atoms with Gasteiger partial charge in [0.1, 0.15) is 5.75 Å². The lowest BCUT2D eigenvalue weighted by Gasteiger charge is -2.11. The Hall–Kier alpha value is -3.80. The Balaban J connectivity index is 1.45. The monoisotopic (exact) mass is 389 g/mol. The van der Waals surface area contributed by atoms with Crippen LogP contribution in [0.4, 0.5) is 11.4 Å². The highest BCUT2D eigenvalue weighted by Crippen LogP contribution is 2.19. The van der Waals surface area contributed by atoms with Gasteiger partial charge in [0.05, 0.1) is 0 Å².